The molecule has 0 aromatic rings. The molecular formula is C21H39Cl. The first kappa shape index (κ1) is 18.6. The molecule has 2 rings (SSSR count). The maximum Gasteiger partial charge on any atom is 0.0254 e. The van der Waals surface area contributed by atoms with E-state index in [1.807, 2.05) is 0 Å². The molecule has 7 unspecified atom stereocenters. The molecule has 2 aliphatic rings. The SMILES string of the molecule is CC1C[C@H](CCl)C(C)[C@H](C)C2C(CCC(C)[C@H]2C)C(C)C1C. The van der Waals surface area contributed by atoms with Gasteiger partial charge in [-0.3, -0.25) is 0 Å². The monoisotopic (exact) mass is 326 g/mol. The Bertz CT molecular complexity index is 352. The van der Waals surface area contributed by atoms with E-state index >= 15 is 0 Å². The third-order valence-corrected chi connectivity index (χ3v) is 8.81. The first-order chi connectivity index (χ1) is 10.3. The zero-order valence-corrected chi connectivity index (χ0v) is 16.7. The Morgan fingerprint density at radius 1 is 0.682 bits per heavy atom. The fraction of sp³-hybridized carbons (Fsp3) is 1.00. The van der Waals surface area contributed by atoms with E-state index in [9.17, 15) is 0 Å². The minimum absolute atomic E-state index is 0.699. The van der Waals surface area contributed by atoms with Crippen LogP contribution >= 0.6 is 11.6 Å². The molecule has 22 heavy (non-hydrogen) atoms. The summed E-state index contributed by atoms with van der Waals surface area (Å²) in [6, 6.07) is 0. The standard InChI is InChI=1S/C21H39Cl/c1-12-8-9-20-17(6)14(3)13(2)10-19(11-22)16(5)18(7)21(20)15(12)4/h12-21H,8-11H2,1-7H3/t12?,13?,14?,15-,16?,17?,18+,19-,20?,21?/m1/s1. The van der Waals surface area contributed by atoms with Crippen molar-refractivity contribution in [2.24, 2.45) is 59.2 Å². The van der Waals surface area contributed by atoms with Gasteiger partial charge in [0.1, 0.15) is 0 Å². The molecule has 0 nitrogen and oxygen atoms in total. The summed E-state index contributed by atoms with van der Waals surface area (Å²) in [6.45, 7) is 17.6. The van der Waals surface area contributed by atoms with Crippen LogP contribution < -0.4 is 0 Å². The van der Waals surface area contributed by atoms with Crippen LogP contribution in [0.4, 0.5) is 0 Å². The maximum atomic E-state index is 6.41. The van der Waals surface area contributed by atoms with Crippen LogP contribution in [0.25, 0.3) is 0 Å². The van der Waals surface area contributed by atoms with Gasteiger partial charge in [0.25, 0.3) is 0 Å². The molecule has 0 radical (unpaired) electrons. The summed E-state index contributed by atoms with van der Waals surface area (Å²) < 4.78 is 0. The van der Waals surface area contributed by atoms with E-state index < -0.39 is 0 Å². The minimum atomic E-state index is 0.699. The fourth-order valence-corrected chi connectivity index (χ4v) is 6.37. The zero-order chi connectivity index (χ0) is 16.6. The molecule has 0 N–H and O–H groups in total. The third kappa shape index (κ3) is 3.38. The Balaban J connectivity index is 2.38. The van der Waals surface area contributed by atoms with Crippen LogP contribution in [0, 0.1) is 59.2 Å². The summed E-state index contributed by atoms with van der Waals surface area (Å²) in [5.74, 6) is 9.20. The minimum Gasteiger partial charge on any atom is -0.126 e. The summed E-state index contributed by atoms with van der Waals surface area (Å²) in [7, 11) is 0. The lowest BCUT2D eigenvalue weighted by Gasteiger charge is -2.48. The van der Waals surface area contributed by atoms with Gasteiger partial charge in [-0.1, -0.05) is 54.9 Å². The van der Waals surface area contributed by atoms with Crippen molar-refractivity contribution in [1.29, 1.82) is 0 Å². The molecule has 0 aliphatic heterocycles. The zero-order valence-electron chi connectivity index (χ0n) is 16.0. The van der Waals surface area contributed by atoms with Crippen LogP contribution in [-0.2, 0) is 0 Å². The highest BCUT2D eigenvalue weighted by Crippen LogP contribution is 2.52. The first-order valence-electron chi connectivity index (χ1n) is 9.85. The molecule has 10 atom stereocenters. The van der Waals surface area contributed by atoms with E-state index in [0.717, 1.165) is 59.1 Å². The molecular weight excluding hydrogens is 288 g/mol. The van der Waals surface area contributed by atoms with Crippen LogP contribution in [0.15, 0.2) is 0 Å². The van der Waals surface area contributed by atoms with E-state index in [1.165, 1.54) is 19.3 Å². The van der Waals surface area contributed by atoms with Gasteiger partial charge in [0, 0.05) is 5.88 Å². The van der Waals surface area contributed by atoms with Gasteiger partial charge < -0.3 is 0 Å². The van der Waals surface area contributed by atoms with E-state index in [4.69, 9.17) is 11.6 Å². The number of halogens is 1. The van der Waals surface area contributed by atoms with Crippen LogP contribution in [0.1, 0.15) is 67.7 Å². The van der Waals surface area contributed by atoms with E-state index in [1.54, 1.807) is 0 Å². The summed E-state index contributed by atoms with van der Waals surface area (Å²) in [5.41, 5.74) is 0. The Labute approximate surface area is 144 Å². The Hall–Kier alpha value is 0.290. The number of rotatable bonds is 1. The molecule has 0 spiro atoms. The fourth-order valence-electron chi connectivity index (χ4n) is 5.96. The highest BCUT2D eigenvalue weighted by molar-refractivity contribution is 6.18. The van der Waals surface area contributed by atoms with Crippen molar-refractivity contribution < 1.29 is 0 Å². The molecule has 2 aliphatic carbocycles. The van der Waals surface area contributed by atoms with Gasteiger partial charge >= 0.3 is 0 Å². The number of hydrogen-bond donors (Lipinski definition) is 0. The van der Waals surface area contributed by atoms with Gasteiger partial charge in [0.05, 0.1) is 0 Å². The van der Waals surface area contributed by atoms with Crippen molar-refractivity contribution in [3.8, 4) is 0 Å². The van der Waals surface area contributed by atoms with Crippen molar-refractivity contribution in [2.45, 2.75) is 67.7 Å². The number of alkyl halides is 1. The Morgan fingerprint density at radius 2 is 1.32 bits per heavy atom. The molecule has 2 fully saturated rings. The summed E-state index contributed by atoms with van der Waals surface area (Å²) in [6.07, 6.45) is 4.22. The lowest BCUT2D eigenvalue weighted by Crippen LogP contribution is -2.42. The van der Waals surface area contributed by atoms with Crippen molar-refractivity contribution in [3.05, 3.63) is 0 Å². The second-order valence-electron chi connectivity index (χ2n) is 9.22. The molecule has 0 bridgehead atoms. The van der Waals surface area contributed by atoms with E-state index in [0.29, 0.717) is 5.92 Å². The molecule has 2 saturated carbocycles. The molecule has 0 heterocycles. The number of hydrogen-bond acceptors (Lipinski definition) is 0. The maximum absolute atomic E-state index is 6.41. The van der Waals surface area contributed by atoms with Gasteiger partial charge in [-0.05, 0) is 72.0 Å². The van der Waals surface area contributed by atoms with E-state index in [2.05, 4.69) is 48.5 Å². The topological polar surface area (TPSA) is 0 Å². The average molecular weight is 327 g/mol. The van der Waals surface area contributed by atoms with Crippen molar-refractivity contribution in [2.75, 3.05) is 5.88 Å². The summed E-state index contributed by atoms with van der Waals surface area (Å²) in [4.78, 5) is 0. The van der Waals surface area contributed by atoms with E-state index in [-0.39, 0.29) is 0 Å². The number of fused-ring (bicyclic) bond motifs is 1. The highest BCUT2D eigenvalue weighted by atomic mass is 35.5. The molecule has 0 amide bonds. The van der Waals surface area contributed by atoms with Gasteiger partial charge in [0.2, 0.25) is 0 Å². The van der Waals surface area contributed by atoms with Gasteiger partial charge in [0.15, 0.2) is 0 Å². The second kappa shape index (κ2) is 7.45. The predicted molar refractivity (Wildman–Crippen MR) is 99.2 cm³/mol. The summed E-state index contributed by atoms with van der Waals surface area (Å²) in [5, 5.41) is 0. The molecule has 1 heteroatoms. The predicted octanol–water partition coefficient (Wildman–Crippen LogP) is 6.72. The second-order valence-corrected chi connectivity index (χ2v) is 9.53. The van der Waals surface area contributed by atoms with Gasteiger partial charge in [-0.25, -0.2) is 0 Å². The first-order valence-corrected chi connectivity index (χ1v) is 10.4. The van der Waals surface area contributed by atoms with Crippen LogP contribution in [-0.4, -0.2) is 5.88 Å². The molecule has 0 aromatic carbocycles. The highest BCUT2D eigenvalue weighted by Gasteiger charge is 2.45. The summed E-state index contributed by atoms with van der Waals surface area (Å²) >= 11 is 6.41. The lowest BCUT2D eigenvalue weighted by molar-refractivity contribution is 0.00303. The van der Waals surface area contributed by atoms with Gasteiger partial charge in [-0.15, -0.1) is 11.6 Å². The molecule has 0 saturated heterocycles. The van der Waals surface area contributed by atoms with Crippen molar-refractivity contribution >= 4 is 11.6 Å². The van der Waals surface area contributed by atoms with Crippen LogP contribution in [0.5, 0.6) is 0 Å². The van der Waals surface area contributed by atoms with Crippen LogP contribution in [0.2, 0.25) is 0 Å². The Morgan fingerprint density at radius 3 is 1.91 bits per heavy atom. The average Bonchev–Trinajstić information content (AvgIpc) is 2.53. The van der Waals surface area contributed by atoms with Crippen molar-refractivity contribution in [3.63, 3.8) is 0 Å². The normalized spacial score (nSPS) is 54.0. The lowest BCUT2D eigenvalue weighted by atomic mass is 9.57. The largest absolute Gasteiger partial charge is 0.126 e. The van der Waals surface area contributed by atoms with Crippen molar-refractivity contribution in [1.82, 2.24) is 0 Å². The quantitative estimate of drug-likeness (QED) is 0.469. The molecule has 0 aromatic heterocycles. The van der Waals surface area contributed by atoms with Gasteiger partial charge in [-0.2, -0.15) is 0 Å². The van der Waals surface area contributed by atoms with Crippen LogP contribution in [0.3, 0.4) is 0 Å². The molecule has 130 valence electrons. The smallest absolute Gasteiger partial charge is 0.0254 e. The third-order valence-electron chi connectivity index (χ3n) is 8.41. The Kier molecular flexibility index (Phi) is 6.31.